The van der Waals surface area contributed by atoms with Crippen LogP contribution in [0.5, 0.6) is 0 Å². The molecule has 0 aliphatic heterocycles. The van der Waals surface area contributed by atoms with Gasteiger partial charge in [-0.2, -0.15) is 0 Å². The van der Waals surface area contributed by atoms with E-state index in [-0.39, 0.29) is 12.4 Å². The smallest absolute Gasteiger partial charge is 0.270 e. The third kappa shape index (κ3) is 3.91. The molecule has 0 spiro atoms. The van der Waals surface area contributed by atoms with E-state index in [0.717, 1.165) is 0 Å². The number of nitrogens with one attached hydrogen (secondary N) is 3. The Morgan fingerprint density at radius 3 is 2.64 bits per heavy atom. The van der Waals surface area contributed by atoms with Crippen LogP contribution in [0.3, 0.4) is 0 Å². The van der Waals surface area contributed by atoms with Gasteiger partial charge in [0.05, 0.1) is 6.67 Å². The van der Waals surface area contributed by atoms with Gasteiger partial charge in [0.1, 0.15) is 5.71 Å². The molecule has 3 N–H and O–H groups in total. The molecule has 0 aliphatic rings. The van der Waals surface area contributed by atoms with Crippen LogP contribution in [-0.2, 0) is 4.79 Å². The minimum atomic E-state index is -0.450. The fourth-order valence-corrected chi connectivity index (χ4v) is 0.391. The van der Waals surface area contributed by atoms with Crippen molar-refractivity contribution >= 4 is 11.6 Å². The van der Waals surface area contributed by atoms with Crippen molar-refractivity contribution in [2.45, 2.75) is 0 Å². The van der Waals surface area contributed by atoms with Crippen molar-refractivity contribution in [3.63, 3.8) is 0 Å². The van der Waals surface area contributed by atoms with Crippen molar-refractivity contribution < 1.29 is 4.79 Å². The molecule has 0 radical (unpaired) electrons. The van der Waals surface area contributed by atoms with Crippen molar-refractivity contribution in [3.05, 3.63) is 25.4 Å². The van der Waals surface area contributed by atoms with Gasteiger partial charge >= 0.3 is 0 Å². The average molecular weight is 153 g/mol. The second-order valence-corrected chi connectivity index (χ2v) is 1.71. The summed E-state index contributed by atoms with van der Waals surface area (Å²) in [6, 6.07) is 0. The fraction of sp³-hybridized carbons (Fsp3) is 0.143. The summed E-state index contributed by atoms with van der Waals surface area (Å²) in [5.41, 5.74) is -0.143. The maximum absolute atomic E-state index is 10.8. The number of carbonyl (C=O) groups excluding carboxylic acids is 1. The summed E-state index contributed by atoms with van der Waals surface area (Å²) < 4.78 is 0. The predicted molar refractivity (Wildman–Crippen MR) is 44.3 cm³/mol. The molecule has 0 bridgehead atoms. The van der Waals surface area contributed by atoms with E-state index in [1.165, 1.54) is 12.3 Å². The van der Waals surface area contributed by atoms with Crippen LogP contribution in [-0.4, -0.2) is 18.3 Å². The van der Waals surface area contributed by atoms with E-state index in [1.54, 1.807) is 0 Å². The zero-order chi connectivity index (χ0) is 8.69. The standard InChI is InChI=1S/C7H11N3O/c1-3-6(8)7(11)10-5-9-4-2/h3-4,8-9H,1-2,5H2,(H,10,11). The molecule has 0 aliphatic carbocycles. The predicted octanol–water partition coefficient (Wildman–Crippen LogP) is -0.00103. The molecule has 0 rings (SSSR count). The molecule has 0 saturated heterocycles. The highest BCUT2D eigenvalue weighted by Gasteiger charge is 2.01. The largest absolute Gasteiger partial charge is 0.374 e. The van der Waals surface area contributed by atoms with E-state index in [1.807, 2.05) is 0 Å². The Bertz CT molecular complexity index is 186. The van der Waals surface area contributed by atoms with Gasteiger partial charge in [-0.05, 0) is 12.3 Å². The van der Waals surface area contributed by atoms with Gasteiger partial charge in [0, 0.05) is 0 Å². The van der Waals surface area contributed by atoms with Crippen LogP contribution in [0.2, 0.25) is 0 Å². The van der Waals surface area contributed by atoms with Crippen LogP contribution >= 0.6 is 0 Å². The highest BCUT2D eigenvalue weighted by Crippen LogP contribution is 1.72. The molecule has 0 aromatic rings. The Morgan fingerprint density at radius 1 is 1.55 bits per heavy atom. The lowest BCUT2D eigenvalue weighted by molar-refractivity contribution is -0.114. The van der Waals surface area contributed by atoms with Crippen molar-refractivity contribution in [2.75, 3.05) is 6.67 Å². The lowest BCUT2D eigenvalue weighted by Crippen LogP contribution is -2.35. The number of hydrogen-bond donors (Lipinski definition) is 3. The van der Waals surface area contributed by atoms with Gasteiger partial charge in [-0.1, -0.05) is 13.2 Å². The van der Waals surface area contributed by atoms with Gasteiger partial charge in [-0.25, -0.2) is 0 Å². The molecule has 4 heteroatoms. The third-order valence-electron chi connectivity index (χ3n) is 0.944. The summed E-state index contributed by atoms with van der Waals surface area (Å²) in [7, 11) is 0. The summed E-state index contributed by atoms with van der Waals surface area (Å²) in [6.07, 6.45) is 2.64. The van der Waals surface area contributed by atoms with Crippen molar-refractivity contribution in [1.82, 2.24) is 10.6 Å². The van der Waals surface area contributed by atoms with Gasteiger partial charge in [-0.3, -0.25) is 10.2 Å². The first-order valence-corrected chi connectivity index (χ1v) is 3.06. The zero-order valence-corrected chi connectivity index (χ0v) is 6.18. The topological polar surface area (TPSA) is 65.0 Å². The summed E-state index contributed by atoms with van der Waals surface area (Å²) in [5.74, 6) is -0.450. The van der Waals surface area contributed by atoms with E-state index in [2.05, 4.69) is 23.8 Å². The van der Waals surface area contributed by atoms with E-state index in [9.17, 15) is 4.79 Å². The molecule has 4 nitrogen and oxygen atoms in total. The summed E-state index contributed by atoms with van der Waals surface area (Å²) in [5, 5.41) is 12.1. The number of carbonyl (C=O) groups is 1. The highest BCUT2D eigenvalue weighted by molar-refractivity contribution is 6.41. The van der Waals surface area contributed by atoms with Crippen molar-refractivity contribution in [3.8, 4) is 0 Å². The Labute approximate surface area is 65.5 Å². The van der Waals surface area contributed by atoms with Gasteiger partial charge in [0.15, 0.2) is 0 Å². The minimum absolute atomic E-state index is 0.143. The van der Waals surface area contributed by atoms with Crippen LogP contribution in [0.4, 0.5) is 0 Å². The normalized spacial score (nSPS) is 8.00. The molecule has 60 valence electrons. The molecule has 0 aromatic heterocycles. The second kappa shape index (κ2) is 5.22. The monoisotopic (exact) mass is 153 g/mol. The fourth-order valence-electron chi connectivity index (χ4n) is 0.391. The summed E-state index contributed by atoms with van der Waals surface area (Å²) >= 11 is 0. The number of hydrogen-bond acceptors (Lipinski definition) is 3. The number of amides is 1. The first-order chi connectivity index (χ1) is 5.22. The van der Waals surface area contributed by atoms with Crippen LogP contribution in [0.15, 0.2) is 25.4 Å². The maximum atomic E-state index is 10.8. The first-order valence-electron chi connectivity index (χ1n) is 3.06. The Morgan fingerprint density at radius 2 is 2.18 bits per heavy atom. The Kier molecular flexibility index (Phi) is 4.47. The molecule has 0 heterocycles. The van der Waals surface area contributed by atoms with E-state index < -0.39 is 5.91 Å². The van der Waals surface area contributed by atoms with Gasteiger partial charge in [-0.15, -0.1) is 0 Å². The molecule has 0 atom stereocenters. The third-order valence-corrected chi connectivity index (χ3v) is 0.944. The highest BCUT2D eigenvalue weighted by atomic mass is 16.1. The summed E-state index contributed by atoms with van der Waals surface area (Å²) in [6.45, 7) is 6.95. The zero-order valence-electron chi connectivity index (χ0n) is 6.18. The summed E-state index contributed by atoms with van der Waals surface area (Å²) in [4.78, 5) is 10.8. The Balaban J connectivity index is 3.60. The van der Waals surface area contributed by atoms with E-state index in [0.29, 0.717) is 0 Å². The number of rotatable bonds is 5. The molecule has 0 fully saturated rings. The quantitative estimate of drug-likeness (QED) is 0.295. The van der Waals surface area contributed by atoms with Crippen LogP contribution < -0.4 is 10.6 Å². The van der Waals surface area contributed by atoms with E-state index >= 15 is 0 Å². The van der Waals surface area contributed by atoms with E-state index in [4.69, 9.17) is 5.41 Å². The maximum Gasteiger partial charge on any atom is 0.270 e. The van der Waals surface area contributed by atoms with Crippen molar-refractivity contribution in [1.29, 1.82) is 5.41 Å². The molecule has 0 saturated carbocycles. The Hall–Kier alpha value is -1.58. The molecule has 0 aromatic carbocycles. The molecular weight excluding hydrogens is 142 g/mol. The van der Waals surface area contributed by atoms with Crippen LogP contribution in [0, 0.1) is 5.41 Å². The van der Waals surface area contributed by atoms with Gasteiger partial charge < -0.3 is 10.6 Å². The van der Waals surface area contributed by atoms with Gasteiger partial charge in [0.25, 0.3) is 5.91 Å². The van der Waals surface area contributed by atoms with Crippen LogP contribution in [0.1, 0.15) is 0 Å². The molecule has 0 unspecified atom stereocenters. The lowest BCUT2D eigenvalue weighted by Gasteiger charge is -2.02. The average Bonchev–Trinajstić information content (AvgIpc) is 2.03. The van der Waals surface area contributed by atoms with Gasteiger partial charge in [0.2, 0.25) is 0 Å². The second-order valence-electron chi connectivity index (χ2n) is 1.71. The minimum Gasteiger partial charge on any atom is -0.374 e. The lowest BCUT2D eigenvalue weighted by atomic mass is 10.3. The molecular formula is C7H11N3O. The molecule has 11 heavy (non-hydrogen) atoms. The SMILES string of the molecule is C=CNCNC(=O)C(=N)C=C. The van der Waals surface area contributed by atoms with Crippen molar-refractivity contribution in [2.24, 2.45) is 0 Å². The molecule has 1 amide bonds. The van der Waals surface area contributed by atoms with Crippen LogP contribution in [0.25, 0.3) is 0 Å². The first kappa shape index (κ1) is 9.42.